The lowest BCUT2D eigenvalue weighted by molar-refractivity contribution is 0.202. The predicted octanol–water partition coefficient (Wildman–Crippen LogP) is 3.22. The summed E-state index contributed by atoms with van der Waals surface area (Å²) in [4.78, 5) is 0. The second-order valence-corrected chi connectivity index (χ2v) is 5.32. The van der Waals surface area contributed by atoms with Crippen LogP contribution in [0.25, 0.3) is 11.0 Å². The molecule has 1 aromatic heterocycles. The van der Waals surface area contributed by atoms with Gasteiger partial charge in [0, 0.05) is 18.1 Å². The minimum absolute atomic E-state index is 0.710. The van der Waals surface area contributed by atoms with Crippen molar-refractivity contribution in [3.05, 3.63) is 35.1 Å². The average molecular weight is 259 g/mol. The molecule has 1 heterocycles. The first-order valence-electron chi connectivity index (χ1n) is 7.01. The van der Waals surface area contributed by atoms with Crippen molar-refractivity contribution in [1.82, 2.24) is 5.32 Å². The lowest BCUT2D eigenvalue weighted by Gasteiger charge is -2.02. The maximum absolute atomic E-state index is 6.01. The number of furan rings is 1. The van der Waals surface area contributed by atoms with Crippen LogP contribution in [0.5, 0.6) is 0 Å². The van der Waals surface area contributed by atoms with Crippen LogP contribution in [0.15, 0.2) is 22.6 Å². The summed E-state index contributed by atoms with van der Waals surface area (Å²) in [5.41, 5.74) is 3.78. The third kappa shape index (κ3) is 2.53. The molecule has 1 aromatic carbocycles. The minimum Gasteiger partial charge on any atom is -0.459 e. The molecular formula is C16H21NO2. The smallest absolute Gasteiger partial charge is 0.134 e. The quantitative estimate of drug-likeness (QED) is 0.865. The highest BCUT2D eigenvalue weighted by Gasteiger charge is 2.30. The Bertz CT molecular complexity index is 569. The summed E-state index contributed by atoms with van der Waals surface area (Å²) < 4.78 is 11.2. The first-order valence-corrected chi connectivity index (χ1v) is 7.01. The van der Waals surface area contributed by atoms with E-state index in [0.29, 0.717) is 5.92 Å². The number of ether oxygens (including phenoxy) is 1. The Morgan fingerprint density at radius 1 is 1.37 bits per heavy atom. The Morgan fingerprint density at radius 3 is 2.89 bits per heavy atom. The van der Waals surface area contributed by atoms with Gasteiger partial charge in [-0.2, -0.15) is 0 Å². The average Bonchev–Trinajstić information content (AvgIpc) is 3.18. The lowest BCUT2D eigenvalue weighted by atomic mass is 10.0. The second kappa shape index (κ2) is 5.35. The fourth-order valence-corrected chi connectivity index (χ4v) is 2.70. The van der Waals surface area contributed by atoms with Gasteiger partial charge in [0.1, 0.15) is 11.3 Å². The van der Waals surface area contributed by atoms with Crippen LogP contribution in [0.1, 0.15) is 35.6 Å². The Kier molecular flexibility index (Phi) is 3.58. The maximum Gasteiger partial charge on any atom is 0.134 e. The Balaban J connectivity index is 2.01. The number of methoxy groups -OCH3 is 1. The van der Waals surface area contributed by atoms with Crippen molar-refractivity contribution in [2.24, 2.45) is 0 Å². The molecule has 1 fully saturated rings. The summed E-state index contributed by atoms with van der Waals surface area (Å²) in [6.07, 6.45) is 3.56. The van der Waals surface area contributed by atoms with E-state index in [1.165, 1.54) is 29.4 Å². The Labute approximate surface area is 113 Å². The van der Waals surface area contributed by atoms with Crippen molar-refractivity contribution < 1.29 is 9.15 Å². The van der Waals surface area contributed by atoms with E-state index >= 15 is 0 Å². The standard InChI is InChI=1S/C16H21NO2/c1-17-10-15-16(12-4-5-12)13-9-11(7-8-18-2)3-6-14(13)19-15/h3,6,9,12,17H,4-5,7-8,10H2,1-2H3. The summed E-state index contributed by atoms with van der Waals surface area (Å²) >= 11 is 0. The van der Waals surface area contributed by atoms with Gasteiger partial charge in [-0.15, -0.1) is 0 Å². The molecule has 0 spiro atoms. The van der Waals surface area contributed by atoms with E-state index in [1.807, 2.05) is 7.05 Å². The minimum atomic E-state index is 0.710. The molecule has 2 aromatic rings. The van der Waals surface area contributed by atoms with Gasteiger partial charge in [0.25, 0.3) is 0 Å². The molecule has 0 aliphatic heterocycles. The summed E-state index contributed by atoms with van der Waals surface area (Å²) in [5, 5.41) is 4.51. The summed E-state index contributed by atoms with van der Waals surface area (Å²) in [6, 6.07) is 6.53. The van der Waals surface area contributed by atoms with Crippen molar-refractivity contribution in [1.29, 1.82) is 0 Å². The third-order valence-corrected chi connectivity index (χ3v) is 3.79. The molecule has 3 rings (SSSR count). The molecule has 1 N–H and O–H groups in total. The molecule has 19 heavy (non-hydrogen) atoms. The van der Waals surface area contributed by atoms with Crippen LogP contribution in [0, 0.1) is 0 Å². The van der Waals surface area contributed by atoms with Crippen molar-refractivity contribution in [2.45, 2.75) is 31.7 Å². The highest BCUT2D eigenvalue weighted by molar-refractivity contribution is 5.84. The number of nitrogens with one attached hydrogen (secondary N) is 1. The van der Waals surface area contributed by atoms with Gasteiger partial charge in [-0.25, -0.2) is 0 Å². The van der Waals surface area contributed by atoms with Gasteiger partial charge in [-0.05, 0) is 49.9 Å². The first-order chi connectivity index (χ1) is 9.33. The highest BCUT2D eigenvalue weighted by Crippen LogP contribution is 2.46. The molecule has 1 aliphatic carbocycles. The van der Waals surface area contributed by atoms with E-state index in [0.717, 1.165) is 30.9 Å². The van der Waals surface area contributed by atoms with Crippen LogP contribution >= 0.6 is 0 Å². The Hall–Kier alpha value is -1.32. The zero-order valence-electron chi connectivity index (χ0n) is 11.7. The van der Waals surface area contributed by atoms with Gasteiger partial charge in [-0.3, -0.25) is 0 Å². The zero-order valence-corrected chi connectivity index (χ0v) is 11.7. The van der Waals surface area contributed by atoms with E-state index < -0.39 is 0 Å². The van der Waals surface area contributed by atoms with Crippen molar-refractivity contribution in [3.8, 4) is 0 Å². The second-order valence-electron chi connectivity index (χ2n) is 5.32. The molecule has 0 atom stereocenters. The van der Waals surface area contributed by atoms with Gasteiger partial charge in [0.15, 0.2) is 0 Å². The molecular weight excluding hydrogens is 238 g/mol. The van der Waals surface area contributed by atoms with Crippen molar-refractivity contribution in [3.63, 3.8) is 0 Å². The third-order valence-electron chi connectivity index (χ3n) is 3.79. The number of hydrogen-bond acceptors (Lipinski definition) is 3. The van der Waals surface area contributed by atoms with Crippen molar-refractivity contribution >= 4 is 11.0 Å². The highest BCUT2D eigenvalue weighted by atomic mass is 16.5. The van der Waals surface area contributed by atoms with Gasteiger partial charge in [0.05, 0.1) is 13.2 Å². The molecule has 0 saturated heterocycles. The molecule has 102 valence electrons. The van der Waals surface area contributed by atoms with Gasteiger partial charge >= 0.3 is 0 Å². The van der Waals surface area contributed by atoms with Crippen LogP contribution in [0.4, 0.5) is 0 Å². The topological polar surface area (TPSA) is 34.4 Å². The Morgan fingerprint density at radius 2 is 2.21 bits per heavy atom. The van der Waals surface area contributed by atoms with Crippen LogP contribution in [0.3, 0.4) is 0 Å². The molecule has 1 aliphatic rings. The molecule has 1 saturated carbocycles. The number of hydrogen-bond donors (Lipinski definition) is 1. The van der Waals surface area contributed by atoms with Crippen LogP contribution < -0.4 is 5.32 Å². The molecule has 3 heteroatoms. The fraction of sp³-hybridized carbons (Fsp3) is 0.500. The van der Waals surface area contributed by atoms with E-state index in [2.05, 4.69) is 23.5 Å². The summed E-state index contributed by atoms with van der Waals surface area (Å²) in [7, 11) is 3.71. The normalized spacial score (nSPS) is 15.3. The predicted molar refractivity (Wildman–Crippen MR) is 76.5 cm³/mol. The van der Waals surface area contributed by atoms with Gasteiger partial charge in [-0.1, -0.05) is 6.07 Å². The van der Waals surface area contributed by atoms with E-state index in [9.17, 15) is 0 Å². The molecule has 0 bridgehead atoms. The first kappa shape index (κ1) is 12.7. The number of benzene rings is 1. The summed E-state index contributed by atoms with van der Waals surface area (Å²) in [5.74, 6) is 1.83. The van der Waals surface area contributed by atoms with E-state index in [1.54, 1.807) is 7.11 Å². The van der Waals surface area contributed by atoms with E-state index in [4.69, 9.17) is 9.15 Å². The van der Waals surface area contributed by atoms with Gasteiger partial charge in [0.2, 0.25) is 0 Å². The molecule has 0 unspecified atom stereocenters. The monoisotopic (exact) mass is 259 g/mol. The SMILES string of the molecule is CNCc1oc2ccc(CCOC)cc2c1C1CC1. The van der Waals surface area contributed by atoms with Crippen molar-refractivity contribution in [2.75, 3.05) is 20.8 Å². The van der Waals surface area contributed by atoms with E-state index in [-0.39, 0.29) is 0 Å². The maximum atomic E-state index is 6.01. The van der Waals surface area contributed by atoms with Gasteiger partial charge < -0.3 is 14.5 Å². The fourth-order valence-electron chi connectivity index (χ4n) is 2.70. The lowest BCUT2D eigenvalue weighted by Crippen LogP contribution is -2.05. The number of rotatable bonds is 6. The molecule has 3 nitrogen and oxygen atoms in total. The zero-order chi connectivity index (χ0) is 13.2. The van der Waals surface area contributed by atoms with Crippen LogP contribution in [0.2, 0.25) is 0 Å². The summed E-state index contributed by atoms with van der Waals surface area (Å²) in [6.45, 7) is 1.58. The molecule has 0 amide bonds. The van der Waals surface area contributed by atoms with Crippen LogP contribution in [-0.2, 0) is 17.7 Å². The largest absolute Gasteiger partial charge is 0.459 e. The van der Waals surface area contributed by atoms with Crippen LogP contribution in [-0.4, -0.2) is 20.8 Å². The number of fused-ring (bicyclic) bond motifs is 1. The molecule has 0 radical (unpaired) electrons.